The molecule has 1 unspecified atom stereocenters. The molecule has 0 saturated carbocycles. The SMILES string of the molecule is CC(=O)c1cccc(NC(=S)NC(=O)C(C)c2ccc(CC(C)C)cc2)c1. The topological polar surface area (TPSA) is 58.2 Å². The molecule has 2 N–H and O–H groups in total. The molecule has 2 rings (SSSR count). The van der Waals surface area contributed by atoms with E-state index in [-0.39, 0.29) is 22.7 Å². The van der Waals surface area contributed by atoms with Gasteiger partial charge in [-0.05, 0) is 61.7 Å². The van der Waals surface area contributed by atoms with E-state index >= 15 is 0 Å². The van der Waals surface area contributed by atoms with E-state index in [1.807, 2.05) is 19.1 Å². The summed E-state index contributed by atoms with van der Waals surface area (Å²) in [6.07, 6.45) is 1.02. The van der Waals surface area contributed by atoms with Crippen molar-refractivity contribution >= 4 is 34.7 Å². The van der Waals surface area contributed by atoms with Gasteiger partial charge in [-0.3, -0.25) is 9.59 Å². The minimum atomic E-state index is -0.318. The van der Waals surface area contributed by atoms with Crippen LogP contribution in [0, 0.1) is 5.92 Å². The molecule has 0 fully saturated rings. The number of rotatable bonds is 6. The van der Waals surface area contributed by atoms with Gasteiger partial charge in [0.1, 0.15) is 0 Å². The number of benzene rings is 2. The minimum absolute atomic E-state index is 0.0249. The molecule has 2 aromatic rings. The summed E-state index contributed by atoms with van der Waals surface area (Å²) in [6, 6.07) is 15.1. The summed E-state index contributed by atoms with van der Waals surface area (Å²) < 4.78 is 0. The van der Waals surface area contributed by atoms with Gasteiger partial charge in [0.05, 0.1) is 5.92 Å². The Kier molecular flexibility index (Phi) is 7.25. The van der Waals surface area contributed by atoms with Gasteiger partial charge in [-0.2, -0.15) is 0 Å². The number of carbonyl (C=O) groups is 2. The first kappa shape index (κ1) is 20.8. The average Bonchev–Trinajstić information content (AvgIpc) is 2.61. The lowest BCUT2D eigenvalue weighted by Gasteiger charge is -2.15. The van der Waals surface area contributed by atoms with Crippen molar-refractivity contribution in [1.82, 2.24) is 5.32 Å². The van der Waals surface area contributed by atoms with Gasteiger partial charge in [0, 0.05) is 11.3 Å². The van der Waals surface area contributed by atoms with Crippen molar-refractivity contribution < 1.29 is 9.59 Å². The fourth-order valence-electron chi connectivity index (χ4n) is 2.76. The van der Waals surface area contributed by atoms with Crippen molar-refractivity contribution in [1.29, 1.82) is 0 Å². The molecule has 1 amide bonds. The van der Waals surface area contributed by atoms with Crippen molar-refractivity contribution in [2.45, 2.75) is 40.0 Å². The molecule has 0 bridgehead atoms. The van der Waals surface area contributed by atoms with E-state index in [4.69, 9.17) is 12.2 Å². The first-order valence-corrected chi connectivity index (χ1v) is 9.48. The quantitative estimate of drug-likeness (QED) is 0.561. The second-order valence-electron chi connectivity index (χ2n) is 7.14. The molecule has 1 atom stereocenters. The summed E-state index contributed by atoms with van der Waals surface area (Å²) in [7, 11) is 0. The zero-order valence-electron chi connectivity index (χ0n) is 16.2. The van der Waals surface area contributed by atoms with Crippen LogP contribution in [-0.4, -0.2) is 16.8 Å². The van der Waals surface area contributed by atoms with Crippen molar-refractivity contribution in [2.75, 3.05) is 5.32 Å². The lowest BCUT2D eigenvalue weighted by molar-refractivity contribution is -0.120. The van der Waals surface area contributed by atoms with Gasteiger partial charge in [-0.25, -0.2) is 0 Å². The van der Waals surface area contributed by atoms with Crippen LogP contribution in [0.15, 0.2) is 48.5 Å². The van der Waals surface area contributed by atoms with Crippen LogP contribution in [-0.2, 0) is 11.2 Å². The second kappa shape index (κ2) is 9.42. The van der Waals surface area contributed by atoms with Gasteiger partial charge in [-0.1, -0.05) is 50.2 Å². The third-order valence-corrected chi connectivity index (χ3v) is 4.48. The number of Topliss-reactive ketones (excluding diaryl/α,β-unsaturated/α-hetero) is 1. The molecular weight excluding hydrogens is 356 g/mol. The van der Waals surface area contributed by atoms with Crippen molar-refractivity contribution in [2.24, 2.45) is 5.92 Å². The Labute approximate surface area is 166 Å². The van der Waals surface area contributed by atoms with Crippen LogP contribution >= 0.6 is 12.2 Å². The maximum absolute atomic E-state index is 12.5. The molecule has 27 heavy (non-hydrogen) atoms. The largest absolute Gasteiger partial charge is 0.332 e. The maximum Gasteiger partial charge on any atom is 0.233 e. The Morgan fingerprint density at radius 1 is 1.04 bits per heavy atom. The summed E-state index contributed by atoms with van der Waals surface area (Å²) in [6.45, 7) is 7.73. The van der Waals surface area contributed by atoms with Crippen molar-refractivity contribution in [3.8, 4) is 0 Å². The fourth-order valence-corrected chi connectivity index (χ4v) is 2.98. The first-order chi connectivity index (χ1) is 12.8. The van der Waals surface area contributed by atoms with Gasteiger partial charge >= 0.3 is 0 Å². The number of amides is 1. The number of hydrogen-bond acceptors (Lipinski definition) is 3. The normalized spacial score (nSPS) is 11.7. The van der Waals surface area contributed by atoms with Crippen LogP contribution in [0.3, 0.4) is 0 Å². The lowest BCUT2D eigenvalue weighted by Crippen LogP contribution is -2.36. The molecule has 0 aliphatic heterocycles. The predicted octanol–water partition coefficient (Wildman–Crippen LogP) is 4.70. The van der Waals surface area contributed by atoms with E-state index in [1.54, 1.807) is 24.3 Å². The highest BCUT2D eigenvalue weighted by Gasteiger charge is 2.16. The van der Waals surface area contributed by atoms with Crippen molar-refractivity contribution in [3.63, 3.8) is 0 Å². The zero-order chi connectivity index (χ0) is 20.0. The number of thiocarbonyl (C=S) groups is 1. The predicted molar refractivity (Wildman–Crippen MR) is 114 cm³/mol. The summed E-state index contributed by atoms with van der Waals surface area (Å²) in [5, 5.41) is 5.88. The van der Waals surface area contributed by atoms with Crippen LogP contribution in [0.25, 0.3) is 0 Å². The Hall–Kier alpha value is -2.53. The molecular formula is C22H26N2O2S. The smallest absolute Gasteiger partial charge is 0.233 e. The molecule has 0 aliphatic rings. The standard InChI is InChI=1S/C22H26N2O2S/c1-14(2)12-17-8-10-18(11-9-17)15(3)21(26)24-22(27)23-20-7-5-6-19(13-20)16(4)25/h5-11,13-15H,12H2,1-4H3,(H2,23,24,26,27). The summed E-state index contributed by atoms with van der Waals surface area (Å²) in [4.78, 5) is 23.9. The first-order valence-electron chi connectivity index (χ1n) is 9.08. The molecule has 0 radical (unpaired) electrons. The monoisotopic (exact) mass is 382 g/mol. The van der Waals surface area contributed by atoms with Crippen molar-refractivity contribution in [3.05, 3.63) is 65.2 Å². The highest BCUT2D eigenvalue weighted by molar-refractivity contribution is 7.80. The van der Waals surface area contributed by atoms with E-state index < -0.39 is 0 Å². The third kappa shape index (κ3) is 6.29. The third-order valence-electron chi connectivity index (χ3n) is 4.28. The molecule has 0 saturated heterocycles. The zero-order valence-corrected chi connectivity index (χ0v) is 17.0. The van der Waals surface area contributed by atoms with Gasteiger partial charge in [-0.15, -0.1) is 0 Å². The van der Waals surface area contributed by atoms with Crippen LogP contribution in [0.1, 0.15) is 55.1 Å². The van der Waals surface area contributed by atoms with Gasteiger partial charge in [0.15, 0.2) is 10.9 Å². The van der Waals surface area contributed by atoms with Gasteiger partial charge < -0.3 is 10.6 Å². The number of ketones is 1. The maximum atomic E-state index is 12.5. The highest BCUT2D eigenvalue weighted by Crippen LogP contribution is 2.18. The molecule has 142 valence electrons. The second-order valence-corrected chi connectivity index (χ2v) is 7.55. The Balaban J connectivity index is 1.96. The van der Waals surface area contributed by atoms with E-state index in [2.05, 4.69) is 36.6 Å². The van der Waals surface area contributed by atoms with Gasteiger partial charge in [0.25, 0.3) is 0 Å². The average molecular weight is 383 g/mol. The lowest BCUT2D eigenvalue weighted by atomic mass is 9.96. The summed E-state index contributed by atoms with van der Waals surface area (Å²) >= 11 is 5.23. The number of anilines is 1. The molecule has 2 aromatic carbocycles. The molecule has 4 nitrogen and oxygen atoms in total. The van der Waals surface area contributed by atoms with Crippen LogP contribution in [0.5, 0.6) is 0 Å². The molecule has 0 aromatic heterocycles. The van der Waals surface area contributed by atoms with E-state index in [0.717, 1.165) is 12.0 Å². The Morgan fingerprint density at radius 2 is 1.70 bits per heavy atom. The highest BCUT2D eigenvalue weighted by atomic mass is 32.1. The molecule has 0 heterocycles. The Bertz CT molecular complexity index is 828. The Morgan fingerprint density at radius 3 is 2.30 bits per heavy atom. The molecule has 0 spiro atoms. The number of carbonyl (C=O) groups excluding carboxylic acids is 2. The summed E-state index contributed by atoms with van der Waals surface area (Å²) in [5.74, 6) is 0.0814. The van der Waals surface area contributed by atoms with Crippen LogP contribution in [0.4, 0.5) is 5.69 Å². The number of hydrogen-bond donors (Lipinski definition) is 2. The fraction of sp³-hybridized carbons (Fsp3) is 0.318. The van der Waals surface area contributed by atoms with E-state index in [0.29, 0.717) is 17.2 Å². The van der Waals surface area contributed by atoms with Crippen LogP contribution < -0.4 is 10.6 Å². The van der Waals surface area contributed by atoms with Gasteiger partial charge in [0.2, 0.25) is 5.91 Å². The number of nitrogens with one attached hydrogen (secondary N) is 2. The summed E-state index contributed by atoms with van der Waals surface area (Å²) in [5.41, 5.74) is 3.47. The van der Waals surface area contributed by atoms with E-state index in [1.165, 1.54) is 12.5 Å². The van der Waals surface area contributed by atoms with E-state index in [9.17, 15) is 9.59 Å². The molecule has 5 heteroatoms. The molecule has 0 aliphatic carbocycles. The van der Waals surface area contributed by atoms with Crippen LogP contribution in [0.2, 0.25) is 0 Å². The minimum Gasteiger partial charge on any atom is -0.332 e.